The summed E-state index contributed by atoms with van der Waals surface area (Å²) in [5.41, 5.74) is 1.80. The van der Waals surface area contributed by atoms with Gasteiger partial charge in [0.15, 0.2) is 5.13 Å². The molecule has 0 saturated carbocycles. The molecule has 3 heterocycles. The molecule has 0 radical (unpaired) electrons. The van der Waals surface area contributed by atoms with Crippen LogP contribution in [0.4, 0.5) is 15.6 Å². The Kier molecular flexibility index (Phi) is 5.99. The summed E-state index contributed by atoms with van der Waals surface area (Å²) >= 11 is 1.37. The topological polar surface area (TPSA) is 106 Å². The summed E-state index contributed by atoms with van der Waals surface area (Å²) in [6, 6.07) is 10.1. The smallest absolute Gasteiger partial charge is 0.322 e. The summed E-state index contributed by atoms with van der Waals surface area (Å²) in [6.07, 6.45) is 2.18. The average Bonchev–Trinajstić information content (AvgIpc) is 3.20. The molecule has 0 atom stereocenters. The van der Waals surface area contributed by atoms with Crippen LogP contribution in [-0.2, 0) is 13.0 Å². The highest BCUT2D eigenvalue weighted by atomic mass is 32.1. The Labute approximate surface area is 183 Å². The Hall–Kier alpha value is -3.66. The number of carbonyl (C=O) groups is 2. The number of urea groups is 1. The molecule has 0 saturated heterocycles. The van der Waals surface area contributed by atoms with Gasteiger partial charge in [0.05, 0.1) is 26.5 Å². The summed E-state index contributed by atoms with van der Waals surface area (Å²) in [7, 11) is 3.11. The Morgan fingerprint density at radius 3 is 2.55 bits per heavy atom. The van der Waals surface area contributed by atoms with Crippen LogP contribution in [0.5, 0.6) is 11.5 Å². The van der Waals surface area contributed by atoms with Gasteiger partial charge in [-0.1, -0.05) is 17.4 Å². The van der Waals surface area contributed by atoms with Gasteiger partial charge in [-0.2, -0.15) is 0 Å². The predicted octanol–water partition coefficient (Wildman–Crippen LogP) is 3.40. The number of methoxy groups -OCH3 is 2. The molecular formula is C21H21N5O4S. The predicted molar refractivity (Wildman–Crippen MR) is 117 cm³/mol. The lowest BCUT2D eigenvalue weighted by Crippen LogP contribution is -2.38. The molecule has 9 nitrogen and oxygen atoms in total. The molecule has 160 valence electrons. The van der Waals surface area contributed by atoms with Gasteiger partial charge in [-0.25, -0.2) is 9.78 Å². The van der Waals surface area contributed by atoms with Crippen molar-refractivity contribution in [2.24, 2.45) is 0 Å². The zero-order valence-electron chi connectivity index (χ0n) is 17.0. The molecule has 2 aromatic heterocycles. The van der Waals surface area contributed by atoms with E-state index >= 15 is 0 Å². The molecule has 1 aliphatic heterocycles. The quantitative estimate of drug-likeness (QED) is 0.631. The molecule has 10 heteroatoms. The molecule has 3 amide bonds. The van der Waals surface area contributed by atoms with E-state index in [1.165, 1.54) is 11.3 Å². The molecule has 3 aromatic rings. The van der Waals surface area contributed by atoms with E-state index in [1.54, 1.807) is 61.7 Å². The van der Waals surface area contributed by atoms with E-state index in [0.29, 0.717) is 47.5 Å². The number of nitrogens with zero attached hydrogens (tertiary/aromatic N) is 3. The number of amides is 3. The fraction of sp³-hybridized carbons (Fsp3) is 0.238. The molecule has 4 rings (SSSR count). The highest BCUT2D eigenvalue weighted by molar-refractivity contribution is 7.15. The maximum absolute atomic E-state index is 12.8. The van der Waals surface area contributed by atoms with Crippen LogP contribution in [-0.4, -0.2) is 47.6 Å². The van der Waals surface area contributed by atoms with Crippen LogP contribution in [0.3, 0.4) is 0 Å². The molecule has 31 heavy (non-hydrogen) atoms. The number of fused-ring (bicyclic) bond motifs is 1. The maximum atomic E-state index is 12.8. The van der Waals surface area contributed by atoms with E-state index in [0.717, 1.165) is 10.6 Å². The van der Waals surface area contributed by atoms with Crippen LogP contribution in [0.15, 0.2) is 42.6 Å². The van der Waals surface area contributed by atoms with Gasteiger partial charge in [0.1, 0.15) is 17.2 Å². The summed E-state index contributed by atoms with van der Waals surface area (Å²) in [4.78, 5) is 36.3. The van der Waals surface area contributed by atoms with Crippen molar-refractivity contribution in [2.75, 3.05) is 31.4 Å². The summed E-state index contributed by atoms with van der Waals surface area (Å²) < 4.78 is 10.5. The van der Waals surface area contributed by atoms with Gasteiger partial charge in [-0.3, -0.25) is 15.1 Å². The van der Waals surface area contributed by atoms with Gasteiger partial charge in [0.2, 0.25) is 0 Å². The molecule has 0 aliphatic carbocycles. The number of hydrogen-bond donors (Lipinski definition) is 2. The van der Waals surface area contributed by atoms with Crippen molar-refractivity contribution in [3.8, 4) is 11.5 Å². The third kappa shape index (κ3) is 4.75. The van der Waals surface area contributed by atoms with E-state index in [4.69, 9.17) is 9.47 Å². The molecule has 0 unspecified atom stereocenters. The number of nitrogens with one attached hydrogen (secondary N) is 2. The standard InChI is InChI=1S/C21H21N5O4S/c1-29-14-9-13(10-15(11-14)30-2)23-21(28)26-8-6-16-18(12-26)31-20(24-16)25-19(27)17-5-3-4-7-22-17/h3-5,7,9-11H,6,8,12H2,1-2H3,(H,23,28)(H,24,25,27). The second-order valence-electron chi connectivity index (χ2n) is 6.76. The van der Waals surface area contributed by atoms with E-state index in [2.05, 4.69) is 20.6 Å². The van der Waals surface area contributed by atoms with Crippen molar-refractivity contribution in [3.63, 3.8) is 0 Å². The van der Waals surface area contributed by atoms with Crippen LogP contribution in [0.1, 0.15) is 21.1 Å². The zero-order valence-corrected chi connectivity index (χ0v) is 17.9. The van der Waals surface area contributed by atoms with E-state index < -0.39 is 0 Å². The second-order valence-corrected chi connectivity index (χ2v) is 7.84. The number of benzene rings is 1. The first-order valence-electron chi connectivity index (χ1n) is 9.55. The van der Waals surface area contributed by atoms with Crippen molar-refractivity contribution in [1.82, 2.24) is 14.9 Å². The number of aromatic nitrogens is 2. The number of thiazole rings is 1. The summed E-state index contributed by atoms with van der Waals surface area (Å²) in [6.45, 7) is 0.941. The van der Waals surface area contributed by atoms with E-state index in [1.807, 2.05) is 0 Å². The van der Waals surface area contributed by atoms with Crippen molar-refractivity contribution in [3.05, 3.63) is 58.9 Å². The highest BCUT2D eigenvalue weighted by Crippen LogP contribution is 2.30. The molecular weight excluding hydrogens is 418 g/mol. The minimum atomic E-state index is -0.312. The van der Waals surface area contributed by atoms with Crippen LogP contribution < -0.4 is 20.1 Å². The van der Waals surface area contributed by atoms with Crippen molar-refractivity contribution < 1.29 is 19.1 Å². The van der Waals surface area contributed by atoms with Gasteiger partial charge in [-0.05, 0) is 12.1 Å². The summed E-state index contributed by atoms with van der Waals surface area (Å²) in [5, 5.41) is 6.17. The summed E-state index contributed by atoms with van der Waals surface area (Å²) in [5.74, 6) is 0.867. The van der Waals surface area contributed by atoms with Crippen LogP contribution in [0.25, 0.3) is 0 Å². The largest absolute Gasteiger partial charge is 0.497 e. The van der Waals surface area contributed by atoms with Crippen molar-refractivity contribution >= 4 is 34.1 Å². The van der Waals surface area contributed by atoms with Gasteiger partial charge in [0, 0.05) is 47.9 Å². The maximum Gasteiger partial charge on any atom is 0.322 e. The molecule has 0 spiro atoms. The Morgan fingerprint density at radius 2 is 1.87 bits per heavy atom. The molecule has 1 aromatic carbocycles. The minimum Gasteiger partial charge on any atom is -0.497 e. The normalized spacial score (nSPS) is 12.6. The zero-order chi connectivity index (χ0) is 21.8. The van der Waals surface area contributed by atoms with Gasteiger partial charge < -0.3 is 19.7 Å². The van der Waals surface area contributed by atoms with E-state index in [9.17, 15) is 9.59 Å². The molecule has 2 N–H and O–H groups in total. The number of carbonyl (C=O) groups excluding carboxylic acids is 2. The first kappa shape index (κ1) is 20.6. The first-order valence-corrected chi connectivity index (χ1v) is 10.4. The average molecular weight is 439 g/mol. The van der Waals surface area contributed by atoms with Gasteiger partial charge in [-0.15, -0.1) is 0 Å². The molecule has 0 bridgehead atoms. The SMILES string of the molecule is COc1cc(NC(=O)N2CCc3nc(NC(=O)c4ccccn4)sc3C2)cc(OC)c1. The van der Waals surface area contributed by atoms with Crippen LogP contribution >= 0.6 is 11.3 Å². The Balaban J connectivity index is 1.42. The van der Waals surface area contributed by atoms with Gasteiger partial charge in [0.25, 0.3) is 5.91 Å². The first-order chi connectivity index (χ1) is 15.1. The number of rotatable bonds is 5. The fourth-order valence-corrected chi connectivity index (χ4v) is 4.18. The monoisotopic (exact) mass is 439 g/mol. The second kappa shape index (κ2) is 9.00. The minimum absolute atomic E-state index is 0.228. The Bertz CT molecular complexity index is 1080. The fourth-order valence-electron chi connectivity index (χ4n) is 3.16. The molecule has 0 fully saturated rings. The van der Waals surface area contributed by atoms with Crippen molar-refractivity contribution in [1.29, 1.82) is 0 Å². The number of ether oxygens (including phenoxy) is 2. The number of hydrogen-bond acceptors (Lipinski definition) is 7. The van der Waals surface area contributed by atoms with Gasteiger partial charge >= 0.3 is 6.03 Å². The highest BCUT2D eigenvalue weighted by Gasteiger charge is 2.25. The van der Waals surface area contributed by atoms with Crippen molar-refractivity contribution in [2.45, 2.75) is 13.0 Å². The number of pyridine rings is 1. The van der Waals surface area contributed by atoms with Crippen LogP contribution in [0, 0.1) is 0 Å². The number of anilines is 2. The molecule has 1 aliphatic rings. The lowest BCUT2D eigenvalue weighted by atomic mass is 10.2. The Morgan fingerprint density at radius 1 is 1.10 bits per heavy atom. The van der Waals surface area contributed by atoms with Crippen LogP contribution in [0.2, 0.25) is 0 Å². The third-order valence-corrected chi connectivity index (χ3v) is 5.74. The lowest BCUT2D eigenvalue weighted by Gasteiger charge is -2.26. The third-order valence-electron chi connectivity index (χ3n) is 4.74. The lowest BCUT2D eigenvalue weighted by molar-refractivity contribution is 0.102. The van der Waals surface area contributed by atoms with E-state index in [-0.39, 0.29) is 11.9 Å².